The molecule has 5 heteroatoms. The average Bonchev–Trinajstić information content (AvgIpc) is 2.61. The first-order chi connectivity index (χ1) is 7.15. The number of rotatable bonds is 4. The van der Waals surface area contributed by atoms with Crippen molar-refractivity contribution in [2.45, 2.75) is 6.54 Å². The summed E-state index contributed by atoms with van der Waals surface area (Å²) in [5, 5.41) is 2.70. The molecular weight excluding hydrogens is 192 g/mol. The molecule has 1 aromatic rings. The number of amides is 2. The number of nitrogens with zero attached hydrogens (tertiary/aromatic N) is 3. The van der Waals surface area contributed by atoms with E-state index in [4.69, 9.17) is 0 Å². The van der Waals surface area contributed by atoms with Crippen LogP contribution in [0.25, 0.3) is 0 Å². The Hall–Kier alpha value is -1.78. The molecule has 5 nitrogen and oxygen atoms in total. The van der Waals surface area contributed by atoms with Gasteiger partial charge in [-0.15, -0.1) is 6.58 Å². The van der Waals surface area contributed by atoms with Crippen molar-refractivity contribution in [3.63, 3.8) is 0 Å². The molecule has 1 N–H and O–H groups in total. The first-order valence-electron chi connectivity index (χ1n) is 4.71. The second-order valence-corrected chi connectivity index (χ2v) is 3.29. The van der Waals surface area contributed by atoms with E-state index < -0.39 is 0 Å². The number of urea groups is 1. The van der Waals surface area contributed by atoms with Gasteiger partial charge in [0.1, 0.15) is 5.82 Å². The summed E-state index contributed by atoms with van der Waals surface area (Å²) in [5.41, 5.74) is 0. The predicted octanol–water partition coefficient (Wildman–Crippen LogP) is 0.747. The minimum Gasteiger partial charge on any atom is -0.337 e. The van der Waals surface area contributed by atoms with E-state index in [9.17, 15) is 4.79 Å². The fraction of sp³-hybridized carbons (Fsp3) is 0.400. The predicted molar refractivity (Wildman–Crippen MR) is 58.3 cm³/mol. The fourth-order valence-corrected chi connectivity index (χ4v) is 1.13. The Morgan fingerprint density at radius 2 is 2.53 bits per heavy atom. The highest BCUT2D eigenvalue weighted by atomic mass is 16.2. The van der Waals surface area contributed by atoms with Crippen molar-refractivity contribution in [3.8, 4) is 0 Å². The van der Waals surface area contributed by atoms with Crippen LogP contribution in [0.2, 0.25) is 0 Å². The minimum absolute atomic E-state index is 0.127. The standard InChI is InChI=1S/C10H16N4O/c1-4-5-12-10(15)14(3)8-9-11-6-7-13(9)2/h4,6-7H,1,5,8H2,2-3H3,(H,12,15). The number of carbonyl (C=O) groups excluding carboxylic acids is 1. The minimum atomic E-state index is -0.127. The number of aromatic nitrogens is 2. The fourth-order valence-electron chi connectivity index (χ4n) is 1.13. The maximum atomic E-state index is 11.5. The molecule has 0 unspecified atom stereocenters. The molecule has 0 aliphatic rings. The van der Waals surface area contributed by atoms with E-state index in [0.29, 0.717) is 13.1 Å². The number of imidazole rings is 1. The van der Waals surface area contributed by atoms with Gasteiger partial charge in [-0.25, -0.2) is 9.78 Å². The van der Waals surface area contributed by atoms with Crippen molar-refractivity contribution in [2.24, 2.45) is 7.05 Å². The summed E-state index contributed by atoms with van der Waals surface area (Å²) in [5.74, 6) is 0.853. The third kappa shape index (κ3) is 3.12. The smallest absolute Gasteiger partial charge is 0.317 e. The number of hydrogen-bond donors (Lipinski definition) is 1. The van der Waals surface area contributed by atoms with E-state index in [1.165, 1.54) is 0 Å². The van der Waals surface area contributed by atoms with E-state index in [2.05, 4.69) is 16.9 Å². The zero-order valence-corrected chi connectivity index (χ0v) is 9.10. The maximum absolute atomic E-state index is 11.5. The van der Waals surface area contributed by atoms with Crippen LogP contribution in [0.4, 0.5) is 4.79 Å². The van der Waals surface area contributed by atoms with Crippen LogP contribution in [0, 0.1) is 0 Å². The molecule has 1 rings (SSSR count). The van der Waals surface area contributed by atoms with Gasteiger partial charge in [-0.3, -0.25) is 0 Å². The van der Waals surface area contributed by atoms with Gasteiger partial charge in [-0.05, 0) is 0 Å². The molecule has 15 heavy (non-hydrogen) atoms. The molecule has 0 aliphatic carbocycles. The SMILES string of the molecule is C=CCNC(=O)N(C)Cc1nccn1C. The van der Waals surface area contributed by atoms with Crippen LogP contribution in [-0.2, 0) is 13.6 Å². The molecule has 0 saturated heterocycles. The van der Waals surface area contributed by atoms with E-state index in [1.54, 1.807) is 24.2 Å². The van der Waals surface area contributed by atoms with Crippen LogP contribution in [0.1, 0.15) is 5.82 Å². The third-order valence-electron chi connectivity index (χ3n) is 2.04. The summed E-state index contributed by atoms with van der Waals surface area (Å²) < 4.78 is 1.89. The second kappa shape index (κ2) is 5.19. The third-order valence-corrected chi connectivity index (χ3v) is 2.04. The molecule has 0 aromatic carbocycles. The number of hydrogen-bond acceptors (Lipinski definition) is 2. The van der Waals surface area contributed by atoms with Gasteiger partial charge >= 0.3 is 6.03 Å². The lowest BCUT2D eigenvalue weighted by atomic mass is 10.5. The lowest BCUT2D eigenvalue weighted by Gasteiger charge is -2.16. The molecule has 0 saturated carbocycles. The van der Waals surface area contributed by atoms with E-state index >= 15 is 0 Å². The molecule has 0 spiro atoms. The molecule has 2 amide bonds. The summed E-state index contributed by atoms with van der Waals surface area (Å²) in [6, 6.07) is -0.127. The molecule has 1 aromatic heterocycles. The van der Waals surface area contributed by atoms with Crippen molar-refractivity contribution >= 4 is 6.03 Å². The molecule has 0 aliphatic heterocycles. The Labute approximate surface area is 89.4 Å². The summed E-state index contributed by atoms with van der Waals surface area (Å²) in [6.07, 6.45) is 5.21. The Morgan fingerprint density at radius 1 is 1.80 bits per heavy atom. The van der Waals surface area contributed by atoms with Crippen molar-refractivity contribution in [3.05, 3.63) is 30.9 Å². The number of nitrogens with one attached hydrogen (secondary N) is 1. The van der Waals surface area contributed by atoms with Crippen LogP contribution >= 0.6 is 0 Å². The quantitative estimate of drug-likeness (QED) is 0.742. The zero-order chi connectivity index (χ0) is 11.3. The Kier molecular flexibility index (Phi) is 3.91. The van der Waals surface area contributed by atoms with Gasteiger partial charge in [-0.1, -0.05) is 6.08 Å². The van der Waals surface area contributed by atoms with Crippen molar-refractivity contribution in [1.29, 1.82) is 0 Å². The van der Waals surface area contributed by atoms with Crippen LogP contribution in [0.3, 0.4) is 0 Å². The normalized spacial score (nSPS) is 9.73. The topological polar surface area (TPSA) is 50.2 Å². The van der Waals surface area contributed by atoms with Crippen molar-refractivity contribution in [2.75, 3.05) is 13.6 Å². The Bertz CT molecular complexity index is 345. The molecule has 0 fully saturated rings. The largest absolute Gasteiger partial charge is 0.337 e. The van der Waals surface area contributed by atoms with Crippen LogP contribution < -0.4 is 5.32 Å². The lowest BCUT2D eigenvalue weighted by molar-refractivity contribution is 0.206. The highest BCUT2D eigenvalue weighted by Gasteiger charge is 2.09. The van der Waals surface area contributed by atoms with E-state index in [0.717, 1.165) is 5.82 Å². The number of aryl methyl sites for hydroxylation is 1. The van der Waals surface area contributed by atoms with Crippen molar-refractivity contribution in [1.82, 2.24) is 19.8 Å². The van der Waals surface area contributed by atoms with Gasteiger partial charge in [0.05, 0.1) is 6.54 Å². The summed E-state index contributed by atoms with van der Waals surface area (Å²) in [7, 11) is 3.63. The van der Waals surface area contributed by atoms with Gasteiger partial charge in [0, 0.05) is 33.0 Å². The van der Waals surface area contributed by atoms with Gasteiger partial charge in [0.2, 0.25) is 0 Å². The lowest BCUT2D eigenvalue weighted by Crippen LogP contribution is -2.37. The highest BCUT2D eigenvalue weighted by Crippen LogP contribution is 1.99. The van der Waals surface area contributed by atoms with E-state index in [-0.39, 0.29) is 6.03 Å². The summed E-state index contributed by atoms with van der Waals surface area (Å²) in [6.45, 7) is 4.50. The van der Waals surface area contributed by atoms with Gasteiger partial charge in [0.15, 0.2) is 0 Å². The maximum Gasteiger partial charge on any atom is 0.317 e. The molecule has 82 valence electrons. The highest BCUT2D eigenvalue weighted by molar-refractivity contribution is 5.73. The van der Waals surface area contributed by atoms with Gasteiger partial charge in [-0.2, -0.15) is 0 Å². The van der Waals surface area contributed by atoms with E-state index in [1.807, 2.05) is 17.8 Å². The molecule has 1 heterocycles. The summed E-state index contributed by atoms with van der Waals surface area (Å²) >= 11 is 0. The second-order valence-electron chi connectivity index (χ2n) is 3.29. The average molecular weight is 208 g/mol. The first-order valence-corrected chi connectivity index (χ1v) is 4.71. The zero-order valence-electron chi connectivity index (χ0n) is 9.10. The Balaban J connectivity index is 2.48. The molecule has 0 atom stereocenters. The number of carbonyl (C=O) groups is 1. The van der Waals surface area contributed by atoms with Gasteiger partial charge < -0.3 is 14.8 Å². The van der Waals surface area contributed by atoms with Crippen LogP contribution in [0.5, 0.6) is 0 Å². The Morgan fingerprint density at radius 3 is 3.07 bits per heavy atom. The van der Waals surface area contributed by atoms with Gasteiger partial charge in [0.25, 0.3) is 0 Å². The summed E-state index contributed by atoms with van der Waals surface area (Å²) in [4.78, 5) is 17.2. The molecular formula is C10H16N4O. The monoisotopic (exact) mass is 208 g/mol. The molecule has 0 bridgehead atoms. The van der Waals surface area contributed by atoms with Crippen LogP contribution in [-0.4, -0.2) is 34.1 Å². The van der Waals surface area contributed by atoms with Crippen molar-refractivity contribution < 1.29 is 4.79 Å². The molecule has 0 radical (unpaired) electrons. The first kappa shape index (κ1) is 11.3. The van der Waals surface area contributed by atoms with Crippen LogP contribution in [0.15, 0.2) is 25.0 Å².